The SMILES string of the molecule is COc1ccc(F)cc1C(=O)NCc1ccc(-c2nn([C@H]3CCNC3)c(N)c2C(N)=O)cc1. The van der Waals surface area contributed by atoms with E-state index in [4.69, 9.17) is 16.2 Å². The Kier molecular flexibility index (Phi) is 6.27. The number of carbonyl (C=O) groups is 2. The maximum Gasteiger partial charge on any atom is 0.255 e. The molecule has 0 aliphatic carbocycles. The van der Waals surface area contributed by atoms with Crippen molar-refractivity contribution in [3.8, 4) is 17.0 Å². The number of aromatic nitrogens is 2. The van der Waals surface area contributed by atoms with Gasteiger partial charge in [-0.15, -0.1) is 0 Å². The Hall–Kier alpha value is -3.92. The zero-order valence-corrected chi connectivity index (χ0v) is 18.1. The first-order valence-electron chi connectivity index (χ1n) is 10.5. The van der Waals surface area contributed by atoms with Crippen molar-refractivity contribution in [3.05, 3.63) is 65.0 Å². The van der Waals surface area contributed by atoms with Crippen molar-refractivity contribution >= 4 is 17.6 Å². The normalized spacial score (nSPS) is 15.4. The van der Waals surface area contributed by atoms with E-state index >= 15 is 0 Å². The molecule has 2 heterocycles. The first-order chi connectivity index (χ1) is 15.9. The van der Waals surface area contributed by atoms with E-state index in [1.165, 1.54) is 19.2 Å². The van der Waals surface area contributed by atoms with E-state index in [0.29, 0.717) is 11.3 Å². The quantitative estimate of drug-likeness (QED) is 0.432. The molecule has 1 aromatic heterocycles. The summed E-state index contributed by atoms with van der Waals surface area (Å²) in [6.07, 6.45) is 0.859. The number of methoxy groups -OCH3 is 1. The monoisotopic (exact) mass is 452 g/mol. The summed E-state index contributed by atoms with van der Waals surface area (Å²) < 4.78 is 20.3. The van der Waals surface area contributed by atoms with Crippen LogP contribution in [0.5, 0.6) is 5.75 Å². The molecule has 1 saturated heterocycles. The van der Waals surface area contributed by atoms with E-state index in [0.717, 1.165) is 31.1 Å². The molecule has 9 nitrogen and oxygen atoms in total. The molecule has 0 unspecified atom stereocenters. The Balaban J connectivity index is 1.52. The van der Waals surface area contributed by atoms with Gasteiger partial charge in [0.05, 0.1) is 18.7 Å². The summed E-state index contributed by atoms with van der Waals surface area (Å²) in [5, 5.41) is 10.6. The third-order valence-corrected chi connectivity index (χ3v) is 5.66. The second-order valence-corrected chi connectivity index (χ2v) is 7.79. The average Bonchev–Trinajstić information content (AvgIpc) is 3.45. The third kappa shape index (κ3) is 4.51. The molecule has 1 atom stereocenters. The highest BCUT2D eigenvalue weighted by Gasteiger charge is 2.27. The van der Waals surface area contributed by atoms with Crippen LogP contribution in [-0.4, -0.2) is 41.8 Å². The van der Waals surface area contributed by atoms with Crippen molar-refractivity contribution in [1.82, 2.24) is 20.4 Å². The molecule has 2 aromatic carbocycles. The summed E-state index contributed by atoms with van der Waals surface area (Å²) in [6, 6.07) is 11.0. The van der Waals surface area contributed by atoms with Crippen molar-refractivity contribution in [1.29, 1.82) is 0 Å². The summed E-state index contributed by atoms with van der Waals surface area (Å²) in [5.74, 6) is -1.08. The highest BCUT2D eigenvalue weighted by atomic mass is 19.1. The number of hydrogen-bond acceptors (Lipinski definition) is 6. The number of ether oxygens (including phenoxy) is 1. The molecule has 1 fully saturated rings. The number of carbonyl (C=O) groups excluding carboxylic acids is 2. The smallest absolute Gasteiger partial charge is 0.255 e. The molecule has 1 aliphatic rings. The van der Waals surface area contributed by atoms with Crippen LogP contribution in [-0.2, 0) is 6.54 Å². The number of anilines is 1. The highest BCUT2D eigenvalue weighted by molar-refractivity contribution is 6.03. The fourth-order valence-electron chi connectivity index (χ4n) is 3.93. The van der Waals surface area contributed by atoms with E-state index in [2.05, 4.69) is 15.7 Å². The lowest BCUT2D eigenvalue weighted by Gasteiger charge is -2.10. The molecule has 172 valence electrons. The predicted octanol–water partition coefficient (Wildman–Crippen LogP) is 1.84. The van der Waals surface area contributed by atoms with Gasteiger partial charge in [0.25, 0.3) is 11.8 Å². The molecule has 4 rings (SSSR count). The van der Waals surface area contributed by atoms with Gasteiger partial charge < -0.3 is 26.8 Å². The molecule has 6 N–H and O–H groups in total. The Bertz CT molecular complexity index is 1190. The van der Waals surface area contributed by atoms with E-state index in [-0.39, 0.29) is 35.3 Å². The first-order valence-corrected chi connectivity index (χ1v) is 10.5. The van der Waals surface area contributed by atoms with Crippen LogP contribution in [0.15, 0.2) is 42.5 Å². The topological polar surface area (TPSA) is 137 Å². The number of nitrogens with one attached hydrogen (secondary N) is 2. The fourth-order valence-corrected chi connectivity index (χ4v) is 3.93. The fraction of sp³-hybridized carbons (Fsp3) is 0.261. The van der Waals surface area contributed by atoms with Crippen molar-refractivity contribution < 1.29 is 18.7 Å². The molecule has 3 aromatic rings. The summed E-state index contributed by atoms with van der Waals surface area (Å²) in [6.45, 7) is 1.79. The van der Waals surface area contributed by atoms with Gasteiger partial charge in [-0.25, -0.2) is 9.07 Å². The van der Waals surface area contributed by atoms with Gasteiger partial charge in [-0.2, -0.15) is 5.10 Å². The summed E-state index contributed by atoms with van der Waals surface area (Å²) in [5.41, 5.74) is 14.0. The molecular formula is C23H25FN6O3. The van der Waals surface area contributed by atoms with Gasteiger partial charge in [0.1, 0.15) is 28.6 Å². The van der Waals surface area contributed by atoms with Crippen molar-refractivity contribution in [3.63, 3.8) is 0 Å². The average molecular weight is 452 g/mol. The van der Waals surface area contributed by atoms with Crippen LogP contribution >= 0.6 is 0 Å². The zero-order chi connectivity index (χ0) is 23.5. The molecule has 1 aliphatic heterocycles. The van der Waals surface area contributed by atoms with Gasteiger partial charge in [-0.1, -0.05) is 24.3 Å². The molecule has 0 saturated carbocycles. The maximum absolute atomic E-state index is 13.5. The molecule has 10 heteroatoms. The van der Waals surface area contributed by atoms with Crippen molar-refractivity contribution in [2.45, 2.75) is 19.0 Å². The van der Waals surface area contributed by atoms with Crippen LogP contribution in [0, 0.1) is 5.82 Å². The molecule has 2 amide bonds. The number of nitrogens with two attached hydrogens (primary N) is 2. The minimum absolute atomic E-state index is 0.0613. The Morgan fingerprint density at radius 2 is 2.03 bits per heavy atom. The van der Waals surface area contributed by atoms with Gasteiger partial charge in [0.15, 0.2) is 0 Å². The largest absolute Gasteiger partial charge is 0.496 e. The van der Waals surface area contributed by atoms with Gasteiger partial charge in [-0.05, 0) is 36.7 Å². The van der Waals surface area contributed by atoms with E-state index in [9.17, 15) is 14.0 Å². The number of hydrogen-bond donors (Lipinski definition) is 4. The van der Waals surface area contributed by atoms with Gasteiger partial charge in [0.2, 0.25) is 0 Å². The summed E-state index contributed by atoms with van der Waals surface area (Å²) in [7, 11) is 1.42. The molecule has 0 radical (unpaired) electrons. The van der Waals surface area contributed by atoms with Crippen LogP contribution < -0.4 is 26.8 Å². The third-order valence-electron chi connectivity index (χ3n) is 5.66. The lowest BCUT2D eigenvalue weighted by molar-refractivity contribution is 0.0946. The number of primary amides is 1. The number of nitrogens with zero attached hydrogens (tertiary/aromatic N) is 2. The van der Waals surface area contributed by atoms with Crippen molar-refractivity contribution in [2.75, 3.05) is 25.9 Å². The van der Waals surface area contributed by atoms with Crippen LogP contribution in [0.2, 0.25) is 0 Å². The Labute approximate surface area is 189 Å². The van der Waals surface area contributed by atoms with E-state index in [1.54, 1.807) is 28.9 Å². The maximum atomic E-state index is 13.5. The summed E-state index contributed by atoms with van der Waals surface area (Å²) in [4.78, 5) is 24.6. The predicted molar refractivity (Wildman–Crippen MR) is 121 cm³/mol. The molecule has 0 spiro atoms. The van der Waals surface area contributed by atoms with Crippen LogP contribution in [0.1, 0.15) is 38.7 Å². The number of halogens is 1. The lowest BCUT2D eigenvalue weighted by atomic mass is 10.0. The number of nitrogen functional groups attached to an aromatic ring is 1. The molecule has 0 bridgehead atoms. The zero-order valence-electron chi connectivity index (χ0n) is 18.1. The number of amides is 2. The number of rotatable bonds is 7. The Morgan fingerprint density at radius 3 is 2.67 bits per heavy atom. The van der Waals surface area contributed by atoms with Gasteiger partial charge in [0, 0.05) is 18.7 Å². The van der Waals surface area contributed by atoms with Gasteiger partial charge in [-0.3, -0.25) is 9.59 Å². The Morgan fingerprint density at radius 1 is 1.27 bits per heavy atom. The first kappa shape index (κ1) is 22.3. The van der Waals surface area contributed by atoms with Gasteiger partial charge >= 0.3 is 0 Å². The minimum atomic E-state index is -0.639. The minimum Gasteiger partial charge on any atom is -0.496 e. The summed E-state index contributed by atoms with van der Waals surface area (Å²) >= 11 is 0. The van der Waals surface area contributed by atoms with Crippen LogP contribution in [0.4, 0.5) is 10.2 Å². The number of benzene rings is 2. The van der Waals surface area contributed by atoms with Crippen molar-refractivity contribution in [2.24, 2.45) is 5.73 Å². The van der Waals surface area contributed by atoms with E-state index < -0.39 is 17.6 Å². The van der Waals surface area contributed by atoms with Crippen LogP contribution in [0.3, 0.4) is 0 Å². The second kappa shape index (κ2) is 9.29. The highest BCUT2D eigenvalue weighted by Crippen LogP contribution is 2.30. The van der Waals surface area contributed by atoms with Crippen LogP contribution in [0.25, 0.3) is 11.3 Å². The lowest BCUT2D eigenvalue weighted by Crippen LogP contribution is -2.23. The standard InChI is InChI=1S/C23H25FN6O3/c1-33-18-7-6-15(24)10-17(18)23(32)28-11-13-2-4-14(5-3-13)20-19(22(26)31)21(25)30(29-20)16-8-9-27-12-16/h2-7,10,16,27H,8-9,11-12,25H2,1H3,(H2,26,31)(H,28,32)/t16-/m0/s1. The van der Waals surface area contributed by atoms with E-state index in [1.807, 2.05) is 0 Å². The molecule has 33 heavy (non-hydrogen) atoms. The molecular weight excluding hydrogens is 427 g/mol. The second-order valence-electron chi connectivity index (χ2n) is 7.79.